The molecule has 0 radical (unpaired) electrons. The van der Waals surface area contributed by atoms with Gasteiger partial charge in [0.05, 0.1) is 0 Å². The summed E-state index contributed by atoms with van der Waals surface area (Å²) in [6, 6.07) is 0. The van der Waals surface area contributed by atoms with Gasteiger partial charge in [0.2, 0.25) is 0 Å². The van der Waals surface area contributed by atoms with Crippen LogP contribution < -0.4 is 5.32 Å². The molecule has 0 aromatic heterocycles. The van der Waals surface area contributed by atoms with Crippen LogP contribution in [0, 0.1) is 0 Å². The molecular formula is C13H23NO. The second kappa shape index (κ2) is 12.8. The van der Waals surface area contributed by atoms with Crippen LogP contribution in [-0.4, -0.2) is 19.9 Å². The summed E-state index contributed by atoms with van der Waals surface area (Å²) < 4.78 is 0. The summed E-state index contributed by atoms with van der Waals surface area (Å²) in [5.74, 6) is 0. The third-order valence-electron chi connectivity index (χ3n) is 1.75. The number of hydrogen-bond acceptors (Lipinski definition) is 2. The number of likely N-dealkylation sites (N-methyl/N-ethyl adjacent to an activating group) is 1. The van der Waals surface area contributed by atoms with E-state index < -0.39 is 0 Å². The fraction of sp³-hybridized carbons (Fsp3) is 0.462. The Hall–Kier alpha value is -1.15. The van der Waals surface area contributed by atoms with E-state index >= 15 is 0 Å². The topological polar surface area (TPSA) is 29.1 Å². The van der Waals surface area contributed by atoms with Crippen molar-refractivity contribution in [1.29, 1.82) is 0 Å². The van der Waals surface area contributed by atoms with Gasteiger partial charge in [-0.2, -0.15) is 0 Å². The first-order valence-electron chi connectivity index (χ1n) is 5.35. The Morgan fingerprint density at radius 3 is 2.27 bits per heavy atom. The predicted octanol–water partition coefficient (Wildman–Crippen LogP) is 2.88. The van der Waals surface area contributed by atoms with Crippen molar-refractivity contribution in [2.24, 2.45) is 0 Å². The molecule has 0 aliphatic carbocycles. The molecule has 0 rings (SSSR count). The zero-order chi connectivity index (χ0) is 12.1. The molecule has 0 saturated carbocycles. The number of carbonyl (C=O) groups excluding carboxylic acids is 1. The molecule has 2 heteroatoms. The summed E-state index contributed by atoms with van der Waals surface area (Å²) in [6.45, 7) is 10.4. The molecule has 0 atom stereocenters. The minimum atomic E-state index is 0.452. The quantitative estimate of drug-likeness (QED) is 0.538. The van der Waals surface area contributed by atoms with Crippen LogP contribution in [0.25, 0.3) is 0 Å². The Kier molecular flexibility index (Phi) is 14.0. The Balaban J connectivity index is 0. The van der Waals surface area contributed by atoms with E-state index in [-0.39, 0.29) is 0 Å². The van der Waals surface area contributed by atoms with E-state index in [1.807, 2.05) is 40.0 Å². The van der Waals surface area contributed by atoms with Gasteiger partial charge in [0.25, 0.3) is 0 Å². The average Bonchev–Trinajstić information content (AvgIpc) is 2.28. The lowest BCUT2D eigenvalue weighted by Crippen LogP contribution is -2.12. The second-order valence-electron chi connectivity index (χ2n) is 2.64. The van der Waals surface area contributed by atoms with Crippen molar-refractivity contribution in [2.45, 2.75) is 27.2 Å². The summed E-state index contributed by atoms with van der Waals surface area (Å²) in [5.41, 5.74) is 2.18. The Bertz CT molecular complexity index is 227. The third kappa shape index (κ3) is 7.89. The summed E-state index contributed by atoms with van der Waals surface area (Å²) in [5, 5.41) is 3.06. The third-order valence-corrected chi connectivity index (χ3v) is 1.75. The summed E-state index contributed by atoms with van der Waals surface area (Å²) >= 11 is 0. The van der Waals surface area contributed by atoms with Gasteiger partial charge in [0.15, 0.2) is 0 Å². The van der Waals surface area contributed by atoms with Gasteiger partial charge >= 0.3 is 0 Å². The molecule has 0 fully saturated rings. The molecule has 0 aromatic rings. The highest BCUT2D eigenvalue weighted by atomic mass is 16.1. The van der Waals surface area contributed by atoms with Crippen molar-refractivity contribution in [3.63, 3.8) is 0 Å². The molecule has 0 aliphatic heterocycles. The first kappa shape index (κ1) is 16.3. The first-order valence-corrected chi connectivity index (χ1v) is 5.35. The lowest BCUT2D eigenvalue weighted by Gasteiger charge is -2.07. The Morgan fingerprint density at radius 1 is 1.33 bits per heavy atom. The van der Waals surface area contributed by atoms with Crippen LogP contribution in [0.1, 0.15) is 27.2 Å². The number of nitrogens with one attached hydrogen (secondary N) is 1. The minimum absolute atomic E-state index is 0.452. The minimum Gasteiger partial charge on any atom is -0.316 e. The van der Waals surface area contributed by atoms with E-state index in [2.05, 4.69) is 11.9 Å². The van der Waals surface area contributed by atoms with Crippen molar-refractivity contribution in [3.8, 4) is 0 Å². The molecule has 86 valence electrons. The fourth-order valence-electron chi connectivity index (χ4n) is 1.13. The second-order valence-corrected chi connectivity index (χ2v) is 2.64. The molecule has 0 amide bonds. The number of hydrogen-bond donors (Lipinski definition) is 1. The largest absolute Gasteiger partial charge is 0.316 e. The molecule has 2 nitrogen and oxygen atoms in total. The van der Waals surface area contributed by atoms with Crippen LogP contribution in [0.3, 0.4) is 0 Å². The lowest BCUT2D eigenvalue weighted by molar-refractivity contribution is -0.107. The van der Waals surface area contributed by atoms with E-state index in [1.165, 1.54) is 0 Å². The fourth-order valence-corrected chi connectivity index (χ4v) is 1.13. The maximum absolute atomic E-state index is 10.4. The predicted molar refractivity (Wildman–Crippen MR) is 68.0 cm³/mol. The summed E-state index contributed by atoms with van der Waals surface area (Å²) in [7, 11) is 1.88. The maximum Gasteiger partial charge on any atom is 0.124 e. The molecule has 0 aromatic carbocycles. The molecule has 1 N–H and O–H groups in total. The van der Waals surface area contributed by atoms with Crippen LogP contribution in [-0.2, 0) is 4.79 Å². The smallest absolute Gasteiger partial charge is 0.124 e. The molecule has 0 spiro atoms. The maximum atomic E-state index is 10.4. The van der Waals surface area contributed by atoms with Crippen LogP contribution >= 0.6 is 0 Å². The van der Waals surface area contributed by atoms with Gasteiger partial charge in [-0.05, 0) is 25.1 Å². The normalized spacial score (nSPS) is 11.5. The van der Waals surface area contributed by atoms with E-state index in [4.69, 9.17) is 0 Å². The van der Waals surface area contributed by atoms with Gasteiger partial charge in [-0.15, -0.1) is 0 Å². The number of aldehydes is 1. The first-order chi connectivity index (χ1) is 7.29. The highest BCUT2D eigenvalue weighted by Gasteiger charge is 2.01. The van der Waals surface area contributed by atoms with Crippen LogP contribution in [0.2, 0.25) is 0 Å². The molecule has 0 heterocycles. The summed E-state index contributed by atoms with van der Waals surface area (Å²) in [6.07, 6.45) is 6.95. The van der Waals surface area contributed by atoms with Crippen LogP contribution in [0.15, 0.2) is 36.0 Å². The number of allylic oxidation sites excluding steroid dienone is 3. The molecule has 0 bridgehead atoms. The highest BCUT2D eigenvalue weighted by molar-refractivity contribution is 5.58. The zero-order valence-electron chi connectivity index (χ0n) is 10.3. The molecular weight excluding hydrogens is 186 g/mol. The van der Waals surface area contributed by atoms with Crippen molar-refractivity contribution in [2.75, 3.05) is 13.6 Å². The van der Waals surface area contributed by atoms with E-state index in [9.17, 15) is 4.79 Å². The van der Waals surface area contributed by atoms with Crippen molar-refractivity contribution >= 4 is 6.29 Å². The van der Waals surface area contributed by atoms with E-state index in [1.54, 1.807) is 6.08 Å². The van der Waals surface area contributed by atoms with Crippen molar-refractivity contribution < 1.29 is 4.79 Å². The SMILES string of the molecule is C=C/C=C(CC=O)\C(=C/C)CNC.CC. The van der Waals surface area contributed by atoms with Gasteiger partial charge in [-0.3, -0.25) is 0 Å². The van der Waals surface area contributed by atoms with Crippen LogP contribution in [0.5, 0.6) is 0 Å². The highest BCUT2D eigenvalue weighted by Crippen LogP contribution is 2.12. The molecule has 15 heavy (non-hydrogen) atoms. The number of rotatable bonds is 6. The standard InChI is InChI=1S/C11H17NO.C2H6/c1-4-6-11(7-8-13)10(5-2)9-12-3;1-2/h4-6,8,12H,1,7,9H2,2-3H3;1-2H3/b10-5-,11-6-;. The number of carbonyl (C=O) groups is 1. The summed E-state index contributed by atoms with van der Waals surface area (Å²) in [4.78, 5) is 10.4. The average molecular weight is 209 g/mol. The van der Waals surface area contributed by atoms with Gasteiger partial charge in [-0.1, -0.05) is 38.7 Å². The lowest BCUT2D eigenvalue weighted by atomic mass is 10.0. The van der Waals surface area contributed by atoms with E-state index in [0.717, 1.165) is 24.0 Å². The van der Waals surface area contributed by atoms with Crippen molar-refractivity contribution in [3.05, 3.63) is 36.0 Å². The van der Waals surface area contributed by atoms with Gasteiger partial charge in [-0.25, -0.2) is 0 Å². The van der Waals surface area contributed by atoms with Crippen LogP contribution in [0.4, 0.5) is 0 Å². The van der Waals surface area contributed by atoms with Crippen molar-refractivity contribution in [1.82, 2.24) is 5.32 Å². The molecule has 0 aliphatic rings. The monoisotopic (exact) mass is 209 g/mol. The molecule has 0 saturated heterocycles. The Labute approximate surface area is 93.8 Å². The van der Waals surface area contributed by atoms with Gasteiger partial charge in [0, 0.05) is 13.0 Å². The van der Waals surface area contributed by atoms with E-state index in [0.29, 0.717) is 6.42 Å². The van der Waals surface area contributed by atoms with Gasteiger partial charge < -0.3 is 10.1 Å². The Morgan fingerprint density at radius 2 is 1.93 bits per heavy atom. The molecule has 0 unspecified atom stereocenters. The van der Waals surface area contributed by atoms with Gasteiger partial charge in [0.1, 0.15) is 6.29 Å². The zero-order valence-corrected chi connectivity index (χ0v) is 10.3.